The summed E-state index contributed by atoms with van der Waals surface area (Å²) >= 11 is 0.937. The molecule has 0 aromatic heterocycles. The Balaban J connectivity index is 1.67. The van der Waals surface area contributed by atoms with Gasteiger partial charge in [-0.2, -0.15) is 0 Å². The average molecular weight is 369 g/mol. The molecule has 0 atom stereocenters. The molecule has 2 amide bonds. The molecule has 0 spiro atoms. The van der Waals surface area contributed by atoms with Gasteiger partial charge in [0.2, 0.25) is 0 Å². The predicted molar refractivity (Wildman–Crippen MR) is 102 cm³/mol. The Bertz CT molecular complexity index is 820. The summed E-state index contributed by atoms with van der Waals surface area (Å²) in [6.45, 7) is 2.90. The minimum absolute atomic E-state index is 0.212. The molecule has 26 heavy (non-hydrogen) atoms. The molecule has 0 N–H and O–H groups in total. The van der Waals surface area contributed by atoms with Crippen molar-refractivity contribution in [3.05, 3.63) is 65.1 Å². The summed E-state index contributed by atoms with van der Waals surface area (Å²) in [5, 5.41) is -0.285. The van der Waals surface area contributed by atoms with Crippen molar-refractivity contribution in [1.29, 1.82) is 0 Å². The number of amides is 2. The van der Waals surface area contributed by atoms with Gasteiger partial charge in [-0.3, -0.25) is 14.5 Å². The van der Waals surface area contributed by atoms with Crippen LogP contribution in [0.5, 0.6) is 11.5 Å². The van der Waals surface area contributed by atoms with Gasteiger partial charge in [0, 0.05) is 5.56 Å². The molecule has 2 aromatic rings. The molecule has 1 heterocycles. The third kappa shape index (κ3) is 4.26. The minimum Gasteiger partial charge on any atom is -0.493 e. The second-order valence-electron chi connectivity index (χ2n) is 5.47. The molecule has 6 heteroatoms. The summed E-state index contributed by atoms with van der Waals surface area (Å²) in [4.78, 5) is 26.3. The standard InChI is InChI=1S/C20H19NO4S/c1-2-24-17-11-7-6-8-15(17)14-18-19(22)21(20(23)26-18)12-13-25-16-9-4-3-5-10-16/h3-11,14H,2,12-13H2,1H3. The lowest BCUT2D eigenvalue weighted by Gasteiger charge is -2.13. The van der Waals surface area contributed by atoms with Crippen LogP contribution >= 0.6 is 11.8 Å². The van der Waals surface area contributed by atoms with E-state index >= 15 is 0 Å². The number of ether oxygens (including phenoxy) is 2. The first kappa shape index (κ1) is 18.1. The molecule has 134 valence electrons. The maximum atomic E-state index is 12.6. The SMILES string of the molecule is CCOc1ccccc1C=C1SC(=O)N(CCOc2ccccc2)C1=O. The highest BCUT2D eigenvalue weighted by Gasteiger charge is 2.34. The van der Waals surface area contributed by atoms with Gasteiger partial charge in [-0.25, -0.2) is 0 Å². The van der Waals surface area contributed by atoms with Gasteiger partial charge in [0.1, 0.15) is 18.1 Å². The van der Waals surface area contributed by atoms with E-state index in [2.05, 4.69) is 0 Å². The van der Waals surface area contributed by atoms with Crippen LogP contribution in [0.1, 0.15) is 12.5 Å². The first-order valence-electron chi connectivity index (χ1n) is 8.34. The second-order valence-corrected chi connectivity index (χ2v) is 6.46. The molecule has 1 aliphatic rings. The number of hydrogen-bond donors (Lipinski definition) is 0. The molecule has 1 aliphatic heterocycles. The van der Waals surface area contributed by atoms with Gasteiger partial charge in [0.15, 0.2) is 0 Å². The van der Waals surface area contributed by atoms with Gasteiger partial charge in [0.05, 0.1) is 18.1 Å². The summed E-state index contributed by atoms with van der Waals surface area (Å²) in [7, 11) is 0. The first-order chi connectivity index (χ1) is 12.7. The fraction of sp³-hybridized carbons (Fsp3) is 0.200. The average Bonchev–Trinajstić information content (AvgIpc) is 2.92. The van der Waals surface area contributed by atoms with E-state index in [1.807, 2.05) is 61.5 Å². The number of benzene rings is 2. The van der Waals surface area contributed by atoms with Crippen molar-refractivity contribution in [1.82, 2.24) is 4.90 Å². The zero-order chi connectivity index (χ0) is 18.4. The van der Waals surface area contributed by atoms with Crippen molar-refractivity contribution in [3.63, 3.8) is 0 Å². The first-order valence-corrected chi connectivity index (χ1v) is 9.15. The largest absolute Gasteiger partial charge is 0.493 e. The minimum atomic E-state index is -0.303. The van der Waals surface area contributed by atoms with Crippen molar-refractivity contribution in [2.75, 3.05) is 19.8 Å². The molecule has 1 fully saturated rings. The van der Waals surface area contributed by atoms with E-state index in [1.165, 1.54) is 4.90 Å². The Morgan fingerprint density at radius 2 is 1.73 bits per heavy atom. The third-order valence-electron chi connectivity index (χ3n) is 3.71. The molecule has 0 unspecified atom stereocenters. The number of carbonyl (C=O) groups excluding carboxylic acids is 2. The van der Waals surface area contributed by atoms with Gasteiger partial charge in [0.25, 0.3) is 11.1 Å². The quantitative estimate of drug-likeness (QED) is 0.685. The van der Waals surface area contributed by atoms with Crippen molar-refractivity contribution in [2.45, 2.75) is 6.92 Å². The van der Waals surface area contributed by atoms with Crippen molar-refractivity contribution < 1.29 is 19.1 Å². The van der Waals surface area contributed by atoms with Crippen molar-refractivity contribution in [3.8, 4) is 11.5 Å². The molecule has 0 aliphatic carbocycles. The molecular formula is C20H19NO4S. The van der Waals surface area contributed by atoms with Gasteiger partial charge in [-0.15, -0.1) is 0 Å². The lowest BCUT2D eigenvalue weighted by Crippen LogP contribution is -2.32. The van der Waals surface area contributed by atoms with E-state index in [1.54, 1.807) is 6.08 Å². The lowest BCUT2D eigenvalue weighted by atomic mass is 10.2. The summed E-state index contributed by atoms with van der Waals surface area (Å²) in [6, 6.07) is 16.7. The monoisotopic (exact) mass is 369 g/mol. The highest BCUT2D eigenvalue weighted by atomic mass is 32.2. The smallest absolute Gasteiger partial charge is 0.293 e. The number of thioether (sulfide) groups is 1. The zero-order valence-electron chi connectivity index (χ0n) is 14.4. The summed E-state index contributed by atoms with van der Waals surface area (Å²) in [5.74, 6) is 1.10. The van der Waals surface area contributed by atoms with E-state index in [4.69, 9.17) is 9.47 Å². The van der Waals surface area contributed by atoms with Crippen LogP contribution in [-0.4, -0.2) is 35.8 Å². The highest BCUT2D eigenvalue weighted by Crippen LogP contribution is 2.33. The summed E-state index contributed by atoms with van der Waals surface area (Å²) < 4.78 is 11.1. The van der Waals surface area contributed by atoms with E-state index in [0.29, 0.717) is 23.0 Å². The van der Waals surface area contributed by atoms with E-state index in [-0.39, 0.29) is 24.3 Å². The molecule has 1 saturated heterocycles. The Kier molecular flexibility index (Phi) is 5.96. The van der Waals surface area contributed by atoms with Crippen molar-refractivity contribution >= 4 is 29.0 Å². The van der Waals surface area contributed by atoms with Gasteiger partial charge < -0.3 is 9.47 Å². The molecule has 0 saturated carbocycles. The molecule has 2 aromatic carbocycles. The normalized spacial score (nSPS) is 15.6. The Morgan fingerprint density at radius 3 is 2.50 bits per heavy atom. The van der Waals surface area contributed by atoms with Gasteiger partial charge in [-0.1, -0.05) is 36.4 Å². The summed E-state index contributed by atoms with van der Waals surface area (Å²) in [5.41, 5.74) is 0.778. The number of carbonyl (C=O) groups is 2. The van der Waals surface area contributed by atoms with E-state index in [9.17, 15) is 9.59 Å². The fourth-order valence-electron chi connectivity index (χ4n) is 2.49. The van der Waals surface area contributed by atoms with E-state index < -0.39 is 0 Å². The maximum Gasteiger partial charge on any atom is 0.293 e. The second kappa shape index (κ2) is 8.58. The number of nitrogens with zero attached hydrogens (tertiary/aromatic N) is 1. The topological polar surface area (TPSA) is 55.8 Å². The van der Waals surface area contributed by atoms with Crippen LogP contribution in [0.15, 0.2) is 59.5 Å². The maximum absolute atomic E-state index is 12.6. The third-order valence-corrected chi connectivity index (χ3v) is 4.61. The molecular weight excluding hydrogens is 350 g/mol. The van der Waals surface area contributed by atoms with Crippen LogP contribution in [0.4, 0.5) is 4.79 Å². The molecule has 5 nitrogen and oxygen atoms in total. The number of hydrogen-bond acceptors (Lipinski definition) is 5. The Labute approximate surface area is 156 Å². The Morgan fingerprint density at radius 1 is 1.00 bits per heavy atom. The van der Waals surface area contributed by atoms with Gasteiger partial charge in [-0.05, 0) is 43.0 Å². The fourth-order valence-corrected chi connectivity index (χ4v) is 3.35. The number of rotatable bonds is 7. The van der Waals surface area contributed by atoms with Crippen molar-refractivity contribution in [2.24, 2.45) is 0 Å². The van der Waals surface area contributed by atoms with Crippen LogP contribution in [0, 0.1) is 0 Å². The number of para-hydroxylation sites is 2. The Hall–Kier alpha value is -2.73. The van der Waals surface area contributed by atoms with Crippen LogP contribution in [0.25, 0.3) is 6.08 Å². The molecule has 0 radical (unpaired) electrons. The van der Waals surface area contributed by atoms with E-state index in [0.717, 1.165) is 17.3 Å². The predicted octanol–water partition coefficient (Wildman–Crippen LogP) is 4.20. The lowest BCUT2D eigenvalue weighted by molar-refractivity contribution is -0.123. The summed E-state index contributed by atoms with van der Waals surface area (Å²) in [6.07, 6.45) is 1.70. The van der Waals surface area contributed by atoms with Crippen LogP contribution in [0.3, 0.4) is 0 Å². The highest BCUT2D eigenvalue weighted by molar-refractivity contribution is 8.18. The van der Waals surface area contributed by atoms with Gasteiger partial charge >= 0.3 is 0 Å². The zero-order valence-corrected chi connectivity index (χ0v) is 15.2. The number of imide groups is 1. The van der Waals surface area contributed by atoms with Crippen LogP contribution < -0.4 is 9.47 Å². The molecule has 0 bridgehead atoms. The molecule has 3 rings (SSSR count). The van der Waals surface area contributed by atoms with Crippen LogP contribution in [-0.2, 0) is 4.79 Å². The van der Waals surface area contributed by atoms with Crippen LogP contribution in [0.2, 0.25) is 0 Å².